The number of hydrogen-bond acceptors (Lipinski definition) is 5. The minimum Gasteiger partial charge on any atom is -0.479 e. The van der Waals surface area contributed by atoms with Gasteiger partial charge in [0.1, 0.15) is 0 Å². The van der Waals surface area contributed by atoms with E-state index >= 15 is 0 Å². The maximum absolute atomic E-state index is 11.0. The second-order valence-corrected chi connectivity index (χ2v) is 4.25. The average Bonchev–Trinajstić information content (AvgIpc) is 2.39. The first kappa shape index (κ1) is 18.3. The molecule has 0 aliphatic heterocycles. The molecule has 0 amide bonds. The number of methoxy groups -OCH3 is 2. The summed E-state index contributed by atoms with van der Waals surface area (Å²) in [5.74, 6) is -0.898. The van der Waals surface area contributed by atoms with E-state index in [0.29, 0.717) is 32.8 Å². The van der Waals surface area contributed by atoms with Crippen LogP contribution in [0.3, 0.4) is 0 Å². The predicted octanol–water partition coefficient (Wildman–Crippen LogP) is 0.851. The van der Waals surface area contributed by atoms with Crippen LogP contribution in [0.5, 0.6) is 0 Å². The van der Waals surface area contributed by atoms with Gasteiger partial charge in [0.05, 0.1) is 6.61 Å². The van der Waals surface area contributed by atoms with E-state index in [2.05, 4.69) is 4.90 Å². The van der Waals surface area contributed by atoms with Crippen molar-refractivity contribution in [2.45, 2.75) is 25.9 Å². The molecular formula is C13H27NO5. The second kappa shape index (κ2) is 12.3. The van der Waals surface area contributed by atoms with Crippen LogP contribution >= 0.6 is 0 Å². The molecule has 0 aliphatic carbocycles. The Morgan fingerprint density at radius 3 is 2.37 bits per heavy atom. The summed E-state index contributed by atoms with van der Waals surface area (Å²) in [4.78, 5) is 13.2. The molecule has 0 aliphatic rings. The summed E-state index contributed by atoms with van der Waals surface area (Å²) in [5.41, 5.74) is 0. The Hall–Kier alpha value is -0.690. The van der Waals surface area contributed by atoms with Crippen molar-refractivity contribution in [2.24, 2.45) is 0 Å². The van der Waals surface area contributed by atoms with E-state index in [9.17, 15) is 4.79 Å². The summed E-state index contributed by atoms with van der Waals surface area (Å²) in [6, 6.07) is 0. The third-order valence-electron chi connectivity index (χ3n) is 2.79. The van der Waals surface area contributed by atoms with Crippen LogP contribution in [0.25, 0.3) is 0 Å². The topological polar surface area (TPSA) is 68.2 Å². The first-order valence-corrected chi connectivity index (χ1v) is 6.70. The fraction of sp³-hybridized carbons (Fsp3) is 0.923. The number of carboxylic acid groups (broad SMARTS) is 1. The highest BCUT2D eigenvalue weighted by Crippen LogP contribution is 2.03. The van der Waals surface area contributed by atoms with Crippen molar-refractivity contribution in [3.63, 3.8) is 0 Å². The van der Waals surface area contributed by atoms with Gasteiger partial charge in [-0.05, 0) is 19.8 Å². The third kappa shape index (κ3) is 9.84. The van der Waals surface area contributed by atoms with Crippen LogP contribution in [-0.4, -0.2) is 75.8 Å². The number of aliphatic carboxylic acids is 1. The van der Waals surface area contributed by atoms with Crippen molar-refractivity contribution in [2.75, 3.05) is 53.7 Å². The molecule has 19 heavy (non-hydrogen) atoms. The Balaban J connectivity index is 4.08. The van der Waals surface area contributed by atoms with Gasteiger partial charge in [0.2, 0.25) is 0 Å². The van der Waals surface area contributed by atoms with E-state index in [4.69, 9.17) is 19.3 Å². The lowest BCUT2D eigenvalue weighted by Crippen LogP contribution is -2.34. The molecule has 114 valence electrons. The second-order valence-electron chi connectivity index (χ2n) is 4.25. The van der Waals surface area contributed by atoms with Crippen molar-refractivity contribution < 1.29 is 24.1 Å². The summed E-state index contributed by atoms with van der Waals surface area (Å²) in [7, 11) is 3.34. The van der Waals surface area contributed by atoms with E-state index in [1.807, 2.05) is 0 Å². The summed E-state index contributed by atoms with van der Waals surface area (Å²) in [6.07, 6.45) is 0.685. The Kier molecular flexibility index (Phi) is 11.9. The van der Waals surface area contributed by atoms with Crippen LogP contribution in [-0.2, 0) is 19.0 Å². The first-order chi connectivity index (χ1) is 9.15. The molecular weight excluding hydrogens is 250 g/mol. The fourth-order valence-electron chi connectivity index (χ4n) is 1.77. The van der Waals surface area contributed by atoms with Gasteiger partial charge < -0.3 is 24.2 Å². The zero-order valence-corrected chi connectivity index (χ0v) is 12.3. The van der Waals surface area contributed by atoms with Gasteiger partial charge in [0.25, 0.3) is 0 Å². The molecule has 0 rings (SSSR count). The van der Waals surface area contributed by atoms with Crippen molar-refractivity contribution in [1.29, 1.82) is 0 Å². The number of hydrogen-bond donors (Lipinski definition) is 1. The highest BCUT2D eigenvalue weighted by Gasteiger charge is 2.18. The monoisotopic (exact) mass is 277 g/mol. The quantitative estimate of drug-likeness (QED) is 0.503. The van der Waals surface area contributed by atoms with Gasteiger partial charge in [-0.25, -0.2) is 4.79 Å². The van der Waals surface area contributed by atoms with E-state index < -0.39 is 12.1 Å². The Labute approximate surface area is 115 Å². The van der Waals surface area contributed by atoms with E-state index in [1.54, 1.807) is 21.1 Å². The SMILES string of the molecule is CCOC(CCN(CCCOC)CCOC)C(=O)O. The molecule has 0 spiro atoms. The summed E-state index contributed by atoms with van der Waals surface area (Å²) in [6.45, 7) is 5.91. The van der Waals surface area contributed by atoms with Gasteiger partial charge in [-0.2, -0.15) is 0 Å². The molecule has 0 bridgehead atoms. The summed E-state index contributed by atoms with van der Waals surface area (Å²) in [5, 5.41) is 9.02. The normalized spacial score (nSPS) is 12.8. The van der Waals surface area contributed by atoms with Gasteiger partial charge in [-0.1, -0.05) is 0 Å². The smallest absolute Gasteiger partial charge is 0.332 e. The predicted molar refractivity (Wildman–Crippen MR) is 72.5 cm³/mol. The molecule has 6 heteroatoms. The molecule has 1 atom stereocenters. The van der Waals surface area contributed by atoms with Crippen molar-refractivity contribution in [3.05, 3.63) is 0 Å². The van der Waals surface area contributed by atoms with Gasteiger partial charge in [0, 0.05) is 47.1 Å². The molecule has 0 saturated carbocycles. The Morgan fingerprint density at radius 2 is 1.84 bits per heavy atom. The van der Waals surface area contributed by atoms with Gasteiger partial charge in [0.15, 0.2) is 6.10 Å². The molecule has 0 radical (unpaired) electrons. The van der Waals surface area contributed by atoms with E-state index in [0.717, 1.165) is 19.5 Å². The van der Waals surface area contributed by atoms with Gasteiger partial charge in [-0.3, -0.25) is 0 Å². The standard InChI is InChI=1S/C13H27NO5/c1-4-19-12(13(15)16)6-8-14(9-11-18-3)7-5-10-17-2/h12H,4-11H2,1-3H3,(H,15,16). The Morgan fingerprint density at radius 1 is 1.16 bits per heavy atom. The highest BCUT2D eigenvalue weighted by atomic mass is 16.5. The Bertz CT molecular complexity index is 225. The lowest BCUT2D eigenvalue weighted by atomic mass is 10.2. The minimum atomic E-state index is -0.898. The van der Waals surface area contributed by atoms with Crippen molar-refractivity contribution in [3.8, 4) is 0 Å². The summed E-state index contributed by atoms with van der Waals surface area (Å²) >= 11 is 0. The lowest BCUT2D eigenvalue weighted by molar-refractivity contribution is -0.150. The highest BCUT2D eigenvalue weighted by molar-refractivity contribution is 5.72. The van der Waals surface area contributed by atoms with Crippen LogP contribution in [0.4, 0.5) is 0 Å². The molecule has 0 saturated heterocycles. The molecule has 0 aromatic rings. The summed E-state index contributed by atoms with van der Waals surface area (Å²) < 4.78 is 15.3. The number of ether oxygens (including phenoxy) is 3. The number of carboxylic acids is 1. The van der Waals surface area contributed by atoms with E-state index in [1.165, 1.54) is 0 Å². The lowest BCUT2D eigenvalue weighted by Gasteiger charge is -2.23. The molecule has 0 aromatic heterocycles. The van der Waals surface area contributed by atoms with Crippen LogP contribution in [0, 0.1) is 0 Å². The number of carbonyl (C=O) groups is 1. The molecule has 6 nitrogen and oxygen atoms in total. The fourth-order valence-corrected chi connectivity index (χ4v) is 1.77. The zero-order valence-electron chi connectivity index (χ0n) is 12.3. The zero-order chi connectivity index (χ0) is 14.5. The van der Waals surface area contributed by atoms with Crippen LogP contribution in [0.15, 0.2) is 0 Å². The van der Waals surface area contributed by atoms with Crippen molar-refractivity contribution in [1.82, 2.24) is 4.90 Å². The van der Waals surface area contributed by atoms with Gasteiger partial charge >= 0.3 is 5.97 Å². The van der Waals surface area contributed by atoms with Crippen molar-refractivity contribution >= 4 is 5.97 Å². The van der Waals surface area contributed by atoms with E-state index in [-0.39, 0.29) is 0 Å². The average molecular weight is 277 g/mol. The van der Waals surface area contributed by atoms with Crippen LogP contribution in [0.2, 0.25) is 0 Å². The van der Waals surface area contributed by atoms with Crippen LogP contribution < -0.4 is 0 Å². The number of rotatable bonds is 13. The number of nitrogens with zero attached hydrogens (tertiary/aromatic N) is 1. The molecule has 0 fully saturated rings. The first-order valence-electron chi connectivity index (χ1n) is 6.70. The molecule has 1 N–H and O–H groups in total. The maximum Gasteiger partial charge on any atom is 0.332 e. The van der Waals surface area contributed by atoms with Crippen LogP contribution in [0.1, 0.15) is 19.8 Å². The largest absolute Gasteiger partial charge is 0.479 e. The molecule has 1 unspecified atom stereocenters. The van der Waals surface area contributed by atoms with Gasteiger partial charge in [-0.15, -0.1) is 0 Å². The minimum absolute atomic E-state index is 0.415. The molecule has 0 aromatic carbocycles. The third-order valence-corrected chi connectivity index (χ3v) is 2.79. The maximum atomic E-state index is 11.0. The molecule has 0 heterocycles.